The number of aromatic nitrogens is 1. The summed E-state index contributed by atoms with van der Waals surface area (Å²) in [6.07, 6.45) is 0. The van der Waals surface area contributed by atoms with E-state index in [1.807, 2.05) is 42.5 Å². The van der Waals surface area contributed by atoms with Crippen LogP contribution in [0.2, 0.25) is 0 Å². The highest BCUT2D eigenvalue weighted by Gasteiger charge is 2.07. The van der Waals surface area contributed by atoms with E-state index >= 15 is 0 Å². The van der Waals surface area contributed by atoms with E-state index in [1.54, 1.807) is 18.4 Å². The topological polar surface area (TPSA) is 62.5 Å². The zero-order valence-electron chi connectivity index (χ0n) is 12.8. The minimum Gasteiger partial charge on any atom is -0.356 e. The third-order valence-corrected chi connectivity index (χ3v) is 4.16. The van der Waals surface area contributed by atoms with Crippen LogP contribution in [0.5, 0.6) is 0 Å². The van der Waals surface area contributed by atoms with E-state index in [2.05, 4.69) is 32.2 Å². The third-order valence-electron chi connectivity index (χ3n) is 3.29. The molecule has 0 saturated carbocycles. The molecular formula is C17H18N4OS. The van der Waals surface area contributed by atoms with Gasteiger partial charge < -0.3 is 15.2 Å². The molecule has 2 N–H and O–H groups in total. The monoisotopic (exact) mass is 326 g/mol. The Morgan fingerprint density at radius 1 is 1.13 bits per heavy atom. The van der Waals surface area contributed by atoms with Gasteiger partial charge in [0.2, 0.25) is 0 Å². The fraction of sp³-hybridized carbons (Fsp3) is 0.176. The smallest absolute Gasteiger partial charge is 0.191 e. The maximum absolute atomic E-state index is 5.39. The number of benzene rings is 1. The Bertz CT molecular complexity index is 750. The van der Waals surface area contributed by atoms with E-state index in [0.717, 1.165) is 29.5 Å². The molecule has 2 heterocycles. The first kappa shape index (κ1) is 15.3. The second-order valence-corrected chi connectivity index (χ2v) is 5.94. The fourth-order valence-electron chi connectivity index (χ4n) is 2.11. The van der Waals surface area contributed by atoms with Crippen LogP contribution in [0, 0.1) is 0 Å². The number of hydrogen-bond acceptors (Lipinski definition) is 4. The molecule has 5 nitrogen and oxygen atoms in total. The van der Waals surface area contributed by atoms with Gasteiger partial charge in [-0.25, -0.2) is 0 Å². The predicted octanol–water partition coefficient (Wildman–Crippen LogP) is 3.27. The molecule has 0 aliphatic heterocycles. The fourth-order valence-corrected chi connectivity index (χ4v) is 2.76. The molecule has 6 heteroatoms. The van der Waals surface area contributed by atoms with E-state index in [4.69, 9.17) is 4.52 Å². The molecule has 0 bridgehead atoms. The zero-order valence-corrected chi connectivity index (χ0v) is 13.6. The maximum Gasteiger partial charge on any atom is 0.191 e. The lowest BCUT2D eigenvalue weighted by molar-refractivity contribution is 0.422. The standard InChI is InChI=1S/C17H18N4OS/c1-18-17(20-12-15-8-5-9-23-15)19-11-14-10-16(22-21-14)13-6-3-2-4-7-13/h2-10H,11-12H2,1H3,(H2,18,19,20). The molecule has 0 fully saturated rings. The molecule has 2 aromatic heterocycles. The Morgan fingerprint density at radius 2 is 1.96 bits per heavy atom. The van der Waals surface area contributed by atoms with Gasteiger partial charge in [-0.2, -0.15) is 0 Å². The van der Waals surface area contributed by atoms with Crippen LogP contribution in [0.15, 0.2) is 63.4 Å². The number of guanidine groups is 1. The van der Waals surface area contributed by atoms with E-state index < -0.39 is 0 Å². The molecule has 3 rings (SSSR count). The van der Waals surface area contributed by atoms with Crippen molar-refractivity contribution in [3.05, 3.63) is 64.5 Å². The molecule has 0 aliphatic rings. The number of nitrogens with one attached hydrogen (secondary N) is 2. The molecular weight excluding hydrogens is 308 g/mol. The van der Waals surface area contributed by atoms with Crippen molar-refractivity contribution in [1.29, 1.82) is 0 Å². The Morgan fingerprint density at radius 3 is 2.70 bits per heavy atom. The first-order chi connectivity index (χ1) is 11.3. The summed E-state index contributed by atoms with van der Waals surface area (Å²) in [5.74, 6) is 1.51. The first-order valence-corrected chi connectivity index (χ1v) is 8.21. The van der Waals surface area contributed by atoms with Crippen molar-refractivity contribution in [2.75, 3.05) is 7.05 Å². The second-order valence-electron chi connectivity index (χ2n) is 4.91. The summed E-state index contributed by atoms with van der Waals surface area (Å²) in [5, 5.41) is 12.7. The summed E-state index contributed by atoms with van der Waals surface area (Å²) in [6.45, 7) is 1.31. The zero-order chi connectivity index (χ0) is 15.9. The molecule has 118 valence electrons. The van der Waals surface area contributed by atoms with Gasteiger partial charge >= 0.3 is 0 Å². The summed E-state index contributed by atoms with van der Waals surface area (Å²) in [5.41, 5.74) is 1.86. The average molecular weight is 326 g/mol. The molecule has 0 aliphatic carbocycles. The molecule has 0 radical (unpaired) electrons. The number of thiophene rings is 1. The molecule has 0 amide bonds. The molecule has 0 unspecified atom stereocenters. The van der Waals surface area contributed by atoms with Crippen molar-refractivity contribution >= 4 is 17.3 Å². The van der Waals surface area contributed by atoms with Crippen LogP contribution in [0.1, 0.15) is 10.6 Å². The highest BCUT2D eigenvalue weighted by atomic mass is 32.1. The van der Waals surface area contributed by atoms with Crippen LogP contribution in [-0.2, 0) is 13.1 Å². The quantitative estimate of drug-likeness (QED) is 0.558. The number of rotatable bonds is 5. The van der Waals surface area contributed by atoms with Crippen LogP contribution < -0.4 is 10.6 Å². The molecule has 0 atom stereocenters. The number of nitrogens with zero attached hydrogens (tertiary/aromatic N) is 2. The summed E-state index contributed by atoms with van der Waals surface area (Å²) >= 11 is 1.72. The normalized spacial score (nSPS) is 11.4. The highest BCUT2D eigenvalue weighted by Crippen LogP contribution is 2.19. The van der Waals surface area contributed by atoms with Crippen molar-refractivity contribution in [3.8, 4) is 11.3 Å². The van der Waals surface area contributed by atoms with Crippen molar-refractivity contribution in [2.45, 2.75) is 13.1 Å². The highest BCUT2D eigenvalue weighted by molar-refractivity contribution is 7.09. The summed E-state index contributed by atoms with van der Waals surface area (Å²) in [7, 11) is 1.75. The van der Waals surface area contributed by atoms with Crippen LogP contribution in [-0.4, -0.2) is 18.2 Å². The van der Waals surface area contributed by atoms with E-state index in [1.165, 1.54) is 4.88 Å². The number of hydrogen-bond donors (Lipinski definition) is 2. The lowest BCUT2D eigenvalue weighted by Crippen LogP contribution is -2.36. The SMILES string of the molecule is CN=C(NCc1cc(-c2ccccc2)on1)NCc1cccs1. The van der Waals surface area contributed by atoms with Gasteiger partial charge in [-0.05, 0) is 11.4 Å². The lowest BCUT2D eigenvalue weighted by atomic mass is 10.2. The Kier molecular flexibility index (Phi) is 5.06. The lowest BCUT2D eigenvalue weighted by Gasteiger charge is -2.09. The third kappa shape index (κ3) is 4.20. The molecule has 23 heavy (non-hydrogen) atoms. The minimum atomic E-state index is 0.556. The molecule has 3 aromatic rings. The Labute approximate surface area is 139 Å². The van der Waals surface area contributed by atoms with Gasteiger partial charge in [0, 0.05) is 23.6 Å². The predicted molar refractivity (Wildman–Crippen MR) is 93.3 cm³/mol. The Balaban J connectivity index is 1.54. The van der Waals surface area contributed by atoms with Crippen LogP contribution in [0.3, 0.4) is 0 Å². The van der Waals surface area contributed by atoms with Crippen molar-refractivity contribution in [2.24, 2.45) is 4.99 Å². The summed E-state index contributed by atoms with van der Waals surface area (Å²) in [4.78, 5) is 5.47. The maximum atomic E-state index is 5.39. The first-order valence-electron chi connectivity index (χ1n) is 7.33. The van der Waals surface area contributed by atoms with Gasteiger partial charge in [0.25, 0.3) is 0 Å². The molecule has 0 saturated heterocycles. The van der Waals surface area contributed by atoms with E-state index in [0.29, 0.717) is 6.54 Å². The molecule has 0 spiro atoms. The van der Waals surface area contributed by atoms with E-state index in [9.17, 15) is 0 Å². The van der Waals surface area contributed by atoms with Gasteiger partial charge in [0.15, 0.2) is 11.7 Å². The van der Waals surface area contributed by atoms with Gasteiger partial charge in [-0.3, -0.25) is 4.99 Å². The van der Waals surface area contributed by atoms with Gasteiger partial charge in [0.1, 0.15) is 5.69 Å². The van der Waals surface area contributed by atoms with Crippen LogP contribution in [0.25, 0.3) is 11.3 Å². The Hall–Kier alpha value is -2.60. The summed E-state index contributed by atoms with van der Waals surface area (Å²) in [6, 6.07) is 16.0. The van der Waals surface area contributed by atoms with Crippen LogP contribution >= 0.6 is 11.3 Å². The van der Waals surface area contributed by atoms with Gasteiger partial charge in [0.05, 0.1) is 13.1 Å². The van der Waals surface area contributed by atoms with Crippen molar-refractivity contribution < 1.29 is 4.52 Å². The van der Waals surface area contributed by atoms with E-state index in [-0.39, 0.29) is 0 Å². The van der Waals surface area contributed by atoms with Crippen molar-refractivity contribution in [3.63, 3.8) is 0 Å². The molecule has 1 aromatic carbocycles. The van der Waals surface area contributed by atoms with Crippen molar-refractivity contribution in [1.82, 2.24) is 15.8 Å². The minimum absolute atomic E-state index is 0.556. The summed E-state index contributed by atoms with van der Waals surface area (Å²) < 4.78 is 5.39. The van der Waals surface area contributed by atoms with Crippen LogP contribution in [0.4, 0.5) is 0 Å². The number of aliphatic imine (C=N–C) groups is 1. The van der Waals surface area contributed by atoms with Gasteiger partial charge in [-0.15, -0.1) is 11.3 Å². The second kappa shape index (κ2) is 7.60. The van der Waals surface area contributed by atoms with Gasteiger partial charge in [-0.1, -0.05) is 41.6 Å². The largest absolute Gasteiger partial charge is 0.356 e. The average Bonchev–Trinajstić information content (AvgIpc) is 3.27.